The van der Waals surface area contributed by atoms with Gasteiger partial charge in [0, 0.05) is 24.2 Å². The summed E-state index contributed by atoms with van der Waals surface area (Å²) in [4.78, 5) is 26.9. The lowest BCUT2D eigenvalue weighted by Gasteiger charge is -2.21. The van der Waals surface area contributed by atoms with Gasteiger partial charge in [-0.3, -0.25) is 0 Å². The minimum Gasteiger partial charge on any atom is -0.386 e. The van der Waals surface area contributed by atoms with Gasteiger partial charge < -0.3 is 15.0 Å². The Morgan fingerprint density at radius 1 is 0.960 bits per heavy atom. The molecule has 0 amide bonds. The van der Waals surface area contributed by atoms with E-state index in [9.17, 15) is 9.59 Å². The van der Waals surface area contributed by atoms with Crippen molar-refractivity contribution in [2.24, 2.45) is 0 Å². The second-order valence-corrected chi connectivity index (χ2v) is 6.47. The van der Waals surface area contributed by atoms with Crippen molar-refractivity contribution >= 4 is 39.2 Å². The van der Waals surface area contributed by atoms with Gasteiger partial charge in [0.15, 0.2) is 0 Å². The van der Waals surface area contributed by atoms with Crippen LogP contribution in [-0.2, 0) is 4.74 Å². The van der Waals surface area contributed by atoms with E-state index in [0.717, 1.165) is 22.7 Å². The van der Waals surface area contributed by atoms with Crippen molar-refractivity contribution in [3.05, 3.63) is 53.6 Å². The lowest BCUT2D eigenvalue weighted by Crippen LogP contribution is -2.24. The fourth-order valence-electron chi connectivity index (χ4n) is 3.33. The molecule has 0 spiro atoms. The molecular formula is C20H18N2O3. The van der Waals surface area contributed by atoms with Gasteiger partial charge in [0.25, 0.3) is 0 Å². The fraction of sp³-hybridized carbons (Fsp3) is 0.200. The highest BCUT2D eigenvalue weighted by molar-refractivity contribution is 6.28. The van der Waals surface area contributed by atoms with Gasteiger partial charge in [-0.05, 0) is 42.4 Å². The summed E-state index contributed by atoms with van der Waals surface area (Å²) < 4.78 is 5.05. The lowest BCUT2D eigenvalue weighted by molar-refractivity contribution is 0.0393. The van der Waals surface area contributed by atoms with Crippen molar-refractivity contribution in [1.29, 1.82) is 0 Å². The van der Waals surface area contributed by atoms with Crippen LogP contribution in [0.15, 0.2) is 42.5 Å². The Balaban J connectivity index is 1.97. The molecule has 0 fully saturated rings. The van der Waals surface area contributed by atoms with Crippen LogP contribution in [0.5, 0.6) is 0 Å². The van der Waals surface area contributed by atoms with E-state index in [0.29, 0.717) is 28.7 Å². The molecule has 126 valence electrons. The van der Waals surface area contributed by atoms with Gasteiger partial charge >= 0.3 is 11.9 Å². The number of fused-ring (bicyclic) bond motifs is 2. The third-order valence-corrected chi connectivity index (χ3v) is 4.50. The Hall–Kier alpha value is -2.92. The predicted molar refractivity (Wildman–Crippen MR) is 98.2 cm³/mol. The van der Waals surface area contributed by atoms with E-state index in [2.05, 4.69) is 10.2 Å². The molecule has 0 saturated carbocycles. The number of hydrogen-bond acceptors (Lipinski definition) is 5. The van der Waals surface area contributed by atoms with Gasteiger partial charge in [0.05, 0.1) is 11.1 Å². The van der Waals surface area contributed by atoms with E-state index in [1.807, 2.05) is 56.6 Å². The Morgan fingerprint density at radius 2 is 1.72 bits per heavy atom. The summed E-state index contributed by atoms with van der Waals surface area (Å²) in [6, 6.07) is 13.5. The fourth-order valence-corrected chi connectivity index (χ4v) is 3.33. The molecule has 1 aliphatic rings. The van der Waals surface area contributed by atoms with Crippen molar-refractivity contribution in [3.8, 4) is 0 Å². The van der Waals surface area contributed by atoms with Gasteiger partial charge in [-0.25, -0.2) is 9.59 Å². The van der Waals surface area contributed by atoms with Crippen molar-refractivity contribution < 1.29 is 14.3 Å². The molecular weight excluding hydrogens is 316 g/mol. The quantitative estimate of drug-likeness (QED) is 0.451. The summed E-state index contributed by atoms with van der Waals surface area (Å²) in [5.74, 6) is -1.17. The highest BCUT2D eigenvalue weighted by atomic mass is 16.6. The van der Waals surface area contributed by atoms with Crippen LogP contribution in [0.3, 0.4) is 0 Å². The first-order valence-electron chi connectivity index (χ1n) is 8.20. The number of hydrogen-bond donors (Lipinski definition) is 1. The highest BCUT2D eigenvalue weighted by Gasteiger charge is 2.31. The number of carbonyl (C=O) groups excluding carboxylic acids is 2. The topological polar surface area (TPSA) is 58.6 Å². The number of rotatable bonds is 4. The van der Waals surface area contributed by atoms with Crippen molar-refractivity contribution in [2.45, 2.75) is 0 Å². The number of benzene rings is 3. The molecule has 5 heteroatoms. The zero-order valence-electron chi connectivity index (χ0n) is 14.1. The number of nitrogens with zero attached hydrogens (tertiary/aromatic N) is 1. The van der Waals surface area contributed by atoms with Crippen LogP contribution in [0.25, 0.3) is 21.5 Å². The molecule has 0 saturated heterocycles. The van der Waals surface area contributed by atoms with E-state index in [-0.39, 0.29) is 0 Å². The van der Waals surface area contributed by atoms with E-state index >= 15 is 0 Å². The molecule has 5 nitrogen and oxygen atoms in total. The van der Waals surface area contributed by atoms with Crippen LogP contribution in [-0.4, -0.2) is 44.0 Å². The largest absolute Gasteiger partial charge is 0.386 e. The van der Waals surface area contributed by atoms with Gasteiger partial charge in [-0.1, -0.05) is 30.3 Å². The summed E-state index contributed by atoms with van der Waals surface area (Å²) in [6.07, 6.45) is 0. The van der Waals surface area contributed by atoms with Crippen molar-refractivity contribution in [2.75, 3.05) is 32.5 Å². The predicted octanol–water partition coefficient (Wildman–Crippen LogP) is 3.28. The van der Waals surface area contributed by atoms with Crippen molar-refractivity contribution in [3.63, 3.8) is 0 Å². The molecule has 0 radical (unpaired) electrons. The van der Waals surface area contributed by atoms with Gasteiger partial charge in [0.2, 0.25) is 0 Å². The third-order valence-electron chi connectivity index (χ3n) is 4.50. The molecule has 0 unspecified atom stereocenters. The normalized spacial score (nSPS) is 13.6. The van der Waals surface area contributed by atoms with Crippen LogP contribution < -0.4 is 5.32 Å². The van der Waals surface area contributed by atoms with Crippen LogP contribution >= 0.6 is 0 Å². The number of anilines is 1. The monoisotopic (exact) mass is 334 g/mol. The Morgan fingerprint density at radius 3 is 2.52 bits per heavy atom. The molecule has 0 aliphatic carbocycles. The molecule has 25 heavy (non-hydrogen) atoms. The van der Waals surface area contributed by atoms with Gasteiger partial charge in [-0.15, -0.1) is 0 Å². The molecule has 0 atom stereocenters. The highest BCUT2D eigenvalue weighted by Crippen LogP contribution is 2.37. The average Bonchev–Trinajstić information content (AvgIpc) is 2.58. The van der Waals surface area contributed by atoms with E-state index in [1.165, 1.54) is 0 Å². The second kappa shape index (κ2) is 5.86. The zero-order chi connectivity index (χ0) is 17.6. The average molecular weight is 334 g/mol. The van der Waals surface area contributed by atoms with Gasteiger partial charge in [-0.2, -0.15) is 0 Å². The molecule has 3 aromatic rings. The van der Waals surface area contributed by atoms with E-state index in [1.54, 1.807) is 0 Å². The summed E-state index contributed by atoms with van der Waals surface area (Å²) >= 11 is 0. The van der Waals surface area contributed by atoms with Crippen LogP contribution in [0.1, 0.15) is 20.7 Å². The summed E-state index contributed by atoms with van der Waals surface area (Å²) in [5, 5.41) is 6.59. The molecule has 0 bridgehead atoms. The molecule has 1 aliphatic heterocycles. The van der Waals surface area contributed by atoms with E-state index in [4.69, 9.17) is 4.74 Å². The minimum absolute atomic E-state index is 0.441. The molecule has 1 heterocycles. The number of likely N-dealkylation sites (N-methyl/N-ethyl adjacent to an activating group) is 1. The standard InChI is InChI=1S/C20H18N2O3/c1-22(2)10-9-21-15-8-7-13-11-12-5-3-4-6-14(12)17-16(13)18(15)20(24)25-19(17)23/h3-8,11,21H,9-10H2,1-2H3. The Kier molecular flexibility index (Phi) is 3.66. The van der Waals surface area contributed by atoms with Crippen LogP contribution in [0.2, 0.25) is 0 Å². The first-order chi connectivity index (χ1) is 12.1. The first-order valence-corrected chi connectivity index (χ1v) is 8.20. The number of esters is 2. The smallest absolute Gasteiger partial charge is 0.348 e. The van der Waals surface area contributed by atoms with Gasteiger partial charge in [0.1, 0.15) is 0 Å². The zero-order valence-corrected chi connectivity index (χ0v) is 14.1. The number of cyclic esters (lactones) is 2. The number of carbonyl (C=O) groups is 2. The minimum atomic E-state index is -0.592. The summed E-state index contributed by atoms with van der Waals surface area (Å²) in [7, 11) is 3.98. The first kappa shape index (κ1) is 15.6. The molecule has 4 rings (SSSR count). The third kappa shape index (κ3) is 2.53. The molecule has 1 N–H and O–H groups in total. The van der Waals surface area contributed by atoms with E-state index < -0.39 is 11.9 Å². The maximum Gasteiger partial charge on any atom is 0.348 e. The Labute approximate surface area is 145 Å². The second-order valence-electron chi connectivity index (χ2n) is 6.47. The van der Waals surface area contributed by atoms with Crippen molar-refractivity contribution in [1.82, 2.24) is 4.90 Å². The molecule has 0 aromatic heterocycles. The summed E-state index contributed by atoms with van der Waals surface area (Å²) in [6.45, 7) is 1.52. The SMILES string of the molecule is CN(C)CCNc1ccc2cc3ccccc3c3c2c1C(=O)OC3=O. The van der Waals surface area contributed by atoms with Crippen LogP contribution in [0, 0.1) is 0 Å². The maximum atomic E-state index is 12.4. The maximum absolute atomic E-state index is 12.4. The Bertz CT molecular complexity index is 1020. The lowest BCUT2D eigenvalue weighted by atomic mass is 9.91. The number of ether oxygens (including phenoxy) is 1. The van der Waals surface area contributed by atoms with Crippen LogP contribution in [0.4, 0.5) is 5.69 Å². The molecule has 3 aromatic carbocycles. The summed E-state index contributed by atoms with van der Waals surface area (Å²) in [5.41, 5.74) is 1.61. The number of nitrogens with one attached hydrogen (secondary N) is 1.